The van der Waals surface area contributed by atoms with Crippen LogP contribution in [0.4, 0.5) is 13.2 Å². The Balaban J connectivity index is 2.49. The first-order valence-corrected chi connectivity index (χ1v) is 6.78. The van der Waals surface area contributed by atoms with Crippen LogP contribution in [-0.2, 0) is 6.54 Å². The fraction of sp³-hybridized carbons (Fsp3) is 0.636. The smallest absolute Gasteiger partial charge is 0.357 e. The Morgan fingerprint density at radius 1 is 1.42 bits per heavy atom. The van der Waals surface area contributed by atoms with Crippen molar-refractivity contribution in [3.63, 3.8) is 0 Å². The first-order valence-electron chi connectivity index (χ1n) is 5.90. The molecule has 4 nitrogen and oxygen atoms in total. The lowest BCUT2D eigenvalue weighted by Gasteiger charge is -2.12. The molecule has 0 fully saturated rings. The lowest BCUT2D eigenvalue weighted by molar-refractivity contribution is -0.132. The van der Waals surface area contributed by atoms with Gasteiger partial charge in [0.25, 0.3) is 0 Å². The number of hydrogen-bond donors (Lipinski definition) is 2. The summed E-state index contributed by atoms with van der Waals surface area (Å²) in [6.45, 7) is 4.57. The van der Waals surface area contributed by atoms with Gasteiger partial charge in [0.2, 0.25) is 0 Å². The summed E-state index contributed by atoms with van der Waals surface area (Å²) in [6, 6.07) is 0. The van der Waals surface area contributed by atoms with Crippen LogP contribution in [0, 0.1) is 6.92 Å². The minimum Gasteiger partial charge on any atom is -0.357 e. The molecule has 0 unspecified atom stereocenters. The zero-order chi connectivity index (χ0) is 14.3. The van der Waals surface area contributed by atoms with Crippen LogP contribution >= 0.6 is 11.3 Å². The molecule has 0 amide bonds. The predicted octanol–water partition coefficient (Wildman–Crippen LogP) is 2.46. The molecular weight excluding hydrogens is 277 g/mol. The number of halogens is 3. The van der Waals surface area contributed by atoms with E-state index in [4.69, 9.17) is 0 Å². The molecular formula is C11H17F3N4S. The molecule has 1 aromatic rings. The highest BCUT2D eigenvalue weighted by Gasteiger charge is 2.26. The number of guanidine groups is 1. The maximum Gasteiger partial charge on any atom is 0.390 e. The van der Waals surface area contributed by atoms with Crippen LogP contribution in [0.1, 0.15) is 23.9 Å². The lowest BCUT2D eigenvalue weighted by atomic mass is 10.4. The number of aliphatic imine (C=N–C) groups is 1. The summed E-state index contributed by atoms with van der Waals surface area (Å²) < 4.78 is 36.1. The number of aromatic nitrogens is 1. The van der Waals surface area contributed by atoms with Crippen molar-refractivity contribution in [1.29, 1.82) is 0 Å². The summed E-state index contributed by atoms with van der Waals surface area (Å²) in [7, 11) is 0. The Bertz CT molecular complexity index is 414. The zero-order valence-electron chi connectivity index (χ0n) is 10.8. The number of thiazole rings is 1. The van der Waals surface area contributed by atoms with Gasteiger partial charge in [-0.1, -0.05) is 0 Å². The third kappa shape index (κ3) is 6.42. The van der Waals surface area contributed by atoms with Crippen molar-refractivity contribution < 1.29 is 13.2 Å². The topological polar surface area (TPSA) is 49.3 Å². The van der Waals surface area contributed by atoms with Gasteiger partial charge >= 0.3 is 6.18 Å². The Labute approximate surface area is 114 Å². The second-order valence-corrected chi connectivity index (χ2v) is 4.79. The normalized spacial score (nSPS) is 12.6. The van der Waals surface area contributed by atoms with E-state index in [1.807, 2.05) is 13.8 Å². The van der Waals surface area contributed by atoms with Crippen molar-refractivity contribution in [2.75, 3.05) is 13.1 Å². The van der Waals surface area contributed by atoms with E-state index in [-0.39, 0.29) is 6.54 Å². The van der Waals surface area contributed by atoms with Crippen LogP contribution in [0.3, 0.4) is 0 Å². The van der Waals surface area contributed by atoms with Gasteiger partial charge in [-0.05, 0) is 13.8 Å². The average Bonchev–Trinajstić information content (AvgIpc) is 2.70. The van der Waals surface area contributed by atoms with E-state index >= 15 is 0 Å². The van der Waals surface area contributed by atoms with E-state index in [9.17, 15) is 13.2 Å². The highest BCUT2D eigenvalue weighted by Crippen LogP contribution is 2.18. The minimum absolute atomic E-state index is 0.184. The zero-order valence-corrected chi connectivity index (χ0v) is 11.7. The van der Waals surface area contributed by atoms with E-state index in [1.54, 1.807) is 5.51 Å². The SMILES string of the molecule is CCNC(=NCc1scnc1C)NCCC(F)(F)F. The monoisotopic (exact) mass is 294 g/mol. The maximum absolute atomic E-state index is 12.0. The van der Waals surface area contributed by atoms with Crippen molar-refractivity contribution >= 4 is 17.3 Å². The van der Waals surface area contributed by atoms with Gasteiger partial charge in [0.15, 0.2) is 5.96 Å². The second-order valence-electron chi connectivity index (χ2n) is 3.85. The summed E-state index contributed by atoms with van der Waals surface area (Å²) in [5, 5.41) is 5.57. The summed E-state index contributed by atoms with van der Waals surface area (Å²) in [5.41, 5.74) is 2.63. The first kappa shape index (κ1) is 15.7. The molecule has 0 aliphatic rings. The van der Waals surface area contributed by atoms with Gasteiger partial charge in [0.1, 0.15) is 0 Å². The van der Waals surface area contributed by atoms with E-state index < -0.39 is 12.6 Å². The van der Waals surface area contributed by atoms with Gasteiger partial charge < -0.3 is 10.6 Å². The van der Waals surface area contributed by atoms with Crippen molar-refractivity contribution in [3.8, 4) is 0 Å². The van der Waals surface area contributed by atoms with Gasteiger partial charge in [0.05, 0.1) is 24.2 Å². The quantitative estimate of drug-likeness (QED) is 0.648. The fourth-order valence-corrected chi connectivity index (χ4v) is 1.99. The Morgan fingerprint density at radius 3 is 2.68 bits per heavy atom. The number of nitrogens with zero attached hydrogens (tertiary/aromatic N) is 2. The number of rotatable bonds is 5. The standard InChI is InChI=1S/C11H17F3N4S/c1-3-15-10(16-5-4-11(12,13)14)17-6-9-8(2)18-7-19-9/h7H,3-6H2,1-2H3,(H2,15,16,17). The third-order valence-corrected chi connectivity index (χ3v) is 3.19. The molecule has 2 N–H and O–H groups in total. The van der Waals surface area contributed by atoms with Crippen LogP contribution in [-0.4, -0.2) is 30.2 Å². The molecule has 1 aromatic heterocycles. The molecule has 0 saturated carbocycles. The van der Waals surface area contributed by atoms with E-state index in [0.717, 1.165) is 10.6 Å². The molecule has 0 aliphatic carbocycles. The van der Waals surface area contributed by atoms with Gasteiger partial charge in [-0.15, -0.1) is 11.3 Å². The summed E-state index contributed by atoms with van der Waals surface area (Å²) in [4.78, 5) is 9.34. The molecule has 19 heavy (non-hydrogen) atoms. The molecule has 0 spiro atoms. The van der Waals surface area contributed by atoms with Crippen molar-refractivity contribution in [2.24, 2.45) is 4.99 Å². The third-order valence-electron chi connectivity index (χ3n) is 2.27. The van der Waals surface area contributed by atoms with Crippen molar-refractivity contribution in [3.05, 3.63) is 16.1 Å². The first-order chi connectivity index (χ1) is 8.92. The molecule has 0 aromatic carbocycles. The van der Waals surface area contributed by atoms with Gasteiger partial charge in [0, 0.05) is 18.0 Å². The molecule has 0 saturated heterocycles. The van der Waals surface area contributed by atoms with Crippen LogP contribution < -0.4 is 10.6 Å². The molecule has 8 heteroatoms. The van der Waals surface area contributed by atoms with Gasteiger partial charge in [-0.2, -0.15) is 13.2 Å². The minimum atomic E-state index is -4.15. The Morgan fingerprint density at radius 2 is 2.16 bits per heavy atom. The van der Waals surface area contributed by atoms with Gasteiger partial charge in [-0.3, -0.25) is 0 Å². The maximum atomic E-state index is 12.0. The van der Waals surface area contributed by atoms with Crippen LogP contribution in [0.2, 0.25) is 0 Å². The number of hydrogen-bond acceptors (Lipinski definition) is 3. The number of nitrogens with one attached hydrogen (secondary N) is 2. The summed E-state index contributed by atoms with van der Waals surface area (Å²) >= 11 is 1.48. The van der Waals surface area contributed by atoms with Crippen LogP contribution in [0.5, 0.6) is 0 Å². The average molecular weight is 294 g/mol. The second kappa shape index (κ2) is 7.32. The Kier molecular flexibility index (Phi) is 6.07. The largest absolute Gasteiger partial charge is 0.390 e. The van der Waals surface area contributed by atoms with Crippen LogP contribution in [0.25, 0.3) is 0 Å². The molecule has 0 atom stereocenters. The van der Waals surface area contributed by atoms with Crippen molar-refractivity contribution in [1.82, 2.24) is 15.6 Å². The van der Waals surface area contributed by atoms with E-state index in [1.165, 1.54) is 11.3 Å². The Hall–Kier alpha value is -1.31. The van der Waals surface area contributed by atoms with Crippen LogP contribution in [0.15, 0.2) is 10.5 Å². The molecule has 0 aliphatic heterocycles. The molecule has 0 radical (unpaired) electrons. The fourth-order valence-electron chi connectivity index (χ4n) is 1.29. The lowest BCUT2D eigenvalue weighted by Crippen LogP contribution is -2.38. The predicted molar refractivity (Wildman–Crippen MR) is 70.3 cm³/mol. The van der Waals surface area contributed by atoms with Gasteiger partial charge in [-0.25, -0.2) is 9.98 Å². The van der Waals surface area contributed by atoms with E-state index in [0.29, 0.717) is 19.0 Å². The molecule has 108 valence electrons. The van der Waals surface area contributed by atoms with E-state index in [2.05, 4.69) is 20.6 Å². The highest BCUT2D eigenvalue weighted by molar-refractivity contribution is 7.09. The molecule has 0 bridgehead atoms. The number of alkyl halides is 3. The molecule has 1 heterocycles. The number of aryl methyl sites for hydroxylation is 1. The summed E-state index contributed by atoms with van der Waals surface area (Å²) in [6.07, 6.45) is -5.03. The molecule has 1 rings (SSSR count). The van der Waals surface area contributed by atoms with Crippen molar-refractivity contribution in [2.45, 2.75) is 33.0 Å². The summed E-state index contributed by atoms with van der Waals surface area (Å²) in [5.74, 6) is 0.388. The highest BCUT2D eigenvalue weighted by atomic mass is 32.1.